The Bertz CT molecular complexity index is 561. The number of hydrogen-bond donors (Lipinski definition) is 2. The van der Waals surface area contributed by atoms with Gasteiger partial charge in [0.25, 0.3) is 5.91 Å². The van der Waals surface area contributed by atoms with Crippen molar-refractivity contribution in [2.24, 2.45) is 0 Å². The van der Waals surface area contributed by atoms with Crippen molar-refractivity contribution in [3.8, 4) is 17.2 Å². The fourth-order valence-electron chi connectivity index (χ4n) is 3.31. The quantitative estimate of drug-likeness (QED) is 0.530. The van der Waals surface area contributed by atoms with Crippen LogP contribution >= 0.6 is 12.4 Å². The van der Waals surface area contributed by atoms with E-state index in [2.05, 4.69) is 10.6 Å². The number of ether oxygens (including phenoxy) is 3. The molecule has 0 heterocycles. The summed E-state index contributed by atoms with van der Waals surface area (Å²) in [6, 6.07) is 3.98. The molecule has 26 heavy (non-hydrogen) atoms. The number of carbonyl (C=O) groups is 1. The third kappa shape index (κ3) is 5.95. The van der Waals surface area contributed by atoms with E-state index in [1.54, 1.807) is 19.2 Å². The topological polar surface area (TPSA) is 68.8 Å². The molecule has 0 saturated heterocycles. The van der Waals surface area contributed by atoms with Crippen LogP contribution in [0.3, 0.4) is 0 Å². The van der Waals surface area contributed by atoms with E-state index in [9.17, 15) is 4.79 Å². The average molecular weight is 387 g/mol. The highest BCUT2D eigenvalue weighted by molar-refractivity contribution is 5.98. The lowest BCUT2D eigenvalue weighted by Crippen LogP contribution is -2.37. The van der Waals surface area contributed by atoms with Gasteiger partial charge in [0.05, 0.1) is 26.9 Å². The SMILES string of the molecule is COc1ccc(C(=O)NCCNC2CCCCCC2)c(OC)c1OC.Cl. The summed E-state index contributed by atoms with van der Waals surface area (Å²) in [6.07, 6.45) is 7.75. The fourth-order valence-corrected chi connectivity index (χ4v) is 3.31. The molecule has 1 aromatic carbocycles. The van der Waals surface area contributed by atoms with E-state index < -0.39 is 0 Å². The van der Waals surface area contributed by atoms with E-state index in [-0.39, 0.29) is 18.3 Å². The molecule has 0 aromatic heterocycles. The van der Waals surface area contributed by atoms with Crippen LogP contribution in [0.2, 0.25) is 0 Å². The smallest absolute Gasteiger partial charge is 0.255 e. The molecular weight excluding hydrogens is 356 g/mol. The van der Waals surface area contributed by atoms with Gasteiger partial charge in [-0.15, -0.1) is 12.4 Å². The molecule has 1 amide bonds. The molecule has 1 aromatic rings. The molecule has 2 rings (SSSR count). The van der Waals surface area contributed by atoms with Gasteiger partial charge in [-0.25, -0.2) is 0 Å². The van der Waals surface area contributed by atoms with Crippen LogP contribution in [0.1, 0.15) is 48.9 Å². The molecule has 1 fully saturated rings. The van der Waals surface area contributed by atoms with E-state index in [1.165, 1.54) is 52.7 Å². The third-order valence-electron chi connectivity index (χ3n) is 4.65. The molecule has 0 radical (unpaired) electrons. The van der Waals surface area contributed by atoms with Crippen molar-refractivity contribution in [1.82, 2.24) is 10.6 Å². The summed E-state index contributed by atoms with van der Waals surface area (Å²) < 4.78 is 15.9. The predicted molar refractivity (Wildman–Crippen MR) is 105 cm³/mol. The molecule has 0 spiro atoms. The van der Waals surface area contributed by atoms with E-state index >= 15 is 0 Å². The van der Waals surface area contributed by atoms with Gasteiger partial charge in [-0.3, -0.25) is 4.79 Å². The van der Waals surface area contributed by atoms with Crippen LogP contribution in [-0.2, 0) is 0 Å². The Morgan fingerprint density at radius 3 is 2.19 bits per heavy atom. The molecular formula is C19H31ClN2O4. The number of carbonyl (C=O) groups excluding carboxylic acids is 1. The maximum atomic E-state index is 12.5. The minimum absolute atomic E-state index is 0. The van der Waals surface area contributed by atoms with Crippen LogP contribution in [0.25, 0.3) is 0 Å². The van der Waals surface area contributed by atoms with Crippen LogP contribution in [0.15, 0.2) is 12.1 Å². The lowest BCUT2D eigenvalue weighted by Gasteiger charge is -2.17. The Morgan fingerprint density at radius 2 is 1.62 bits per heavy atom. The summed E-state index contributed by atoms with van der Waals surface area (Å²) in [5.74, 6) is 1.16. The van der Waals surface area contributed by atoms with Crippen LogP contribution in [0.5, 0.6) is 17.2 Å². The maximum absolute atomic E-state index is 12.5. The number of halogens is 1. The molecule has 0 unspecified atom stereocenters. The number of benzene rings is 1. The summed E-state index contributed by atoms with van der Waals surface area (Å²) in [7, 11) is 4.59. The van der Waals surface area contributed by atoms with E-state index in [0.29, 0.717) is 35.4 Å². The zero-order valence-corrected chi connectivity index (χ0v) is 16.7. The van der Waals surface area contributed by atoms with E-state index in [0.717, 1.165) is 6.54 Å². The lowest BCUT2D eigenvalue weighted by molar-refractivity contribution is 0.0949. The van der Waals surface area contributed by atoms with Gasteiger partial charge in [-0.2, -0.15) is 0 Å². The molecule has 0 bridgehead atoms. The molecule has 1 saturated carbocycles. The normalized spacial score (nSPS) is 14.7. The van der Waals surface area contributed by atoms with Crippen molar-refractivity contribution in [1.29, 1.82) is 0 Å². The predicted octanol–water partition coefficient (Wildman–Crippen LogP) is 3.18. The van der Waals surface area contributed by atoms with Gasteiger partial charge in [0.15, 0.2) is 11.5 Å². The molecule has 1 aliphatic rings. The molecule has 6 nitrogen and oxygen atoms in total. The zero-order valence-electron chi connectivity index (χ0n) is 15.9. The molecule has 1 aliphatic carbocycles. The van der Waals surface area contributed by atoms with Crippen molar-refractivity contribution < 1.29 is 19.0 Å². The van der Waals surface area contributed by atoms with Crippen molar-refractivity contribution in [2.75, 3.05) is 34.4 Å². The second-order valence-electron chi connectivity index (χ2n) is 6.28. The number of methoxy groups -OCH3 is 3. The monoisotopic (exact) mass is 386 g/mol. The minimum atomic E-state index is -0.180. The molecule has 148 valence electrons. The van der Waals surface area contributed by atoms with E-state index in [4.69, 9.17) is 14.2 Å². The van der Waals surface area contributed by atoms with Crippen molar-refractivity contribution in [3.05, 3.63) is 17.7 Å². The number of amides is 1. The Morgan fingerprint density at radius 1 is 0.962 bits per heavy atom. The first-order chi connectivity index (χ1) is 12.2. The highest BCUT2D eigenvalue weighted by Crippen LogP contribution is 2.39. The van der Waals surface area contributed by atoms with Crippen molar-refractivity contribution in [3.63, 3.8) is 0 Å². The summed E-state index contributed by atoms with van der Waals surface area (Å²) >= 11 is 0. The number of rotatable bonds is 8. The van der Waals surface area contributed by atoms with E-state index in [1.807, 2.05) is 0 Å². The summed E-state index contributed by atoms with van der Waals surface area (Å²) in [4.78, 5) is 12.5. The Labute approximate surface area is 162 Å². The zero-order chi connectivity index (χ0) is 18.1. The van der Waals surface area contributed by atoms with Gasteiger partial charge in [0, 0.05) is 19.1 Å². The van der Waals surface area contributed by atoms with Gasteiger partial charge in [-0.05, 0) is 25.0 Å². The second-order valence-corrected chi connectivity index (χ2v) is 6.28. The molecule has 2 N–H and O–H groups in total. The summed E-state index contributed by atoms with van der Waals surface area (Å²) in [5.41, 5.74) is 0.439. The van der Waals surface area contributed by atoms with Crippen LogP contribution in [0, 0.1) is 0 Å². The Kier molecular flexibility index (Phi) is 10.2. The minimum Gasteiger partial charge on any atom is -0.493 e. The number of nitrogens with one attached hydrogen (secondary N) is 2. The highest BCUT2D eigenvalue weighted by atomic mass is 35.5. The first kappa shape index (κ1) is 22.4. The Balaban J connectivity index is 0.00000338. The van der Waals surface area contributed by atoms with Gasteiger partial charge in [-0.1, -0.05) is 25.7 Å². The fraction of sp³-hybridized carbons (Fsp3) is 0.632. The van der Waals surface area contributed by atoms with Crippen LogP contribution in [-0.4, -0.2) is 46.4 Å². The Hall–Kier alpha value is -1.66. The lowest BCUT2D eigenvalue weighted by atomic mass is 10.1. The van der Waals surface area contributed by atoms with Crippen molar-refractivity contribution in [2.45, 2.75) is 44.6 Å². The van der Waals surface area contributed by atoms with Crippen LogP contribution < -0.4 is 24.8 Å². The largest absolute Gasteiger partial charge is 0.493 e. The van der Waals surface area contributed by atoms with Crippen LogP contribution in [0.4, 0.5) is 0 Å². The van der Waals surface area contributed by atoms with Crippen molar-refractivity contribution >= 4 is 18.3 Å². The molecule has 7 heteroatoms. The second kappa shape index (κ2) is 11.9. The van der Waals surface area contributed by atoms with Gasteiger partial charge >= 0.3 is 0 Å². The average Bonchev–Trinajstić information content (AvgIpc) is 2.92. The maximum Gasteiger partial charge on any atom is 0.255 e. The van der Waals surface area contributed by atoms with Gasteiger partial charge in [0.2, 0.25) is 5.75 Å². The van der Waals surface area contributed by atoms with Gasteiger partial charge < -0.3 is 24.8 Å². The highest BCUT2D eigenvalue weighted by Gasteiger charge is 2.20. The first-order valence-electron chi connectivity index (χ1n) is 9.01. The standard InChI is InChI=1S/C19H30N2O4.ClH/c1-23-16-11-10-15(17(24-2)18(16)25-3)19(22)21-13-12-20-14-8-6-4-5-7-9-14;/h10-11,14,20H,4-9,12-13H2,1-3H3,(H,21,22);1H. The van der Waals surface area contributed by atoms with Gasteiger partial charge in [0.1, 0.15) is 0 Å². The molecule has 0 atom stereocenters. The summed E-state index contributed by atoms with van der Waals surface area (Å²) in [5, 5.41) is 6.49. The third-order valence-corrected chi connectivity index (χ3v) is 4.65. The summed E-state index contributed by atoms with van der Waals surface area (Å²) in [6.45, 7) is 1.35. The first-order valence-corrected chi connectivity index (χ1v) is 9.01. The number of hydrogen-bond acceptors (Lipinski definition) is 5. The molecule has 0 aliphatic heterocycles.